The molecule has 12 aliphatic rings. The summed E-state index contributed by atoms with van der Waals surface area (Å²) in [5.41, 5.74) is 0. The van der Waals surface area contributed by atoms with Crippen LogP contribution in [-0.2, 0) is 0 Å². The van der Waals surface area contributed by atoms with Gasteiger partial charge in [0.15, 0.2) is 0 Å². The minimum atomic E-state index is 0.832. The molecule has 0 aromatic heterocycles. The second-order valence-corrected chi connectivity index (χ2v) is 31.4. The van der Waals surface area contributed by atoms with Gasteiger partial charge in [-0.25, -0.2) is 14.7 Å². The molecule has 12 fully saturated rings. The van der Waals surface area contributed by atoms with Crippen molar-refractivity contribution >= 4 is 0 Å². The third kappa shape index (κ3) is 18.6. The molecule has 0 aliphatic carbocycles. The van der Waals surface area contributed by atoms with E-state index in [-0.39, 0.29) is 0 Å². The average Bonchev–Trinajstić information content (AvgIpc) is 4.53. The van der Waals surface area contributed by atoms with Crippen LogP contribution in [0.5, 0.6) is 0 Å². The standard InChI is InChI=1S/2C13H27N2.2C12H25N2.2C11H23N2/c1-3-7-13-11-15(9-5-6-10-15)12-14(13)8-4-2;1-3-7-13-11-14(8-4-2)12-15(13)9-5-6-10-15;1-3-7-13-11-14(8-5-6-9-14)10-12(13)4-2;1-3-7-13-10-12(4-2)14(11-13)8-5-6-9-14;1-3-6-12-10-13(9-11(12)2)7-4-5-8-13;1-3-6-12-9-11(2)13(10-12)7-4-5-8-13/h2*13H,3-12H2,1-2H3;2*12H,3-11H2,1-2H3;2*11H,3-10H2,1-2H3/q6*+1. The Balaban J connectivity index is 0.000000145. The van der Waals surface area contributed by atoms with Crippen LogP contribution in [0.1, 0.15) is 237 Å². The van der Waals surface area contributed by atoms with Gasteiger partial charge in [0, 0.05) is 123 Å². The van der Waals surface area contributed by atoms with Gasteiger partial charge in [-0.1, -0.05) is 82.1 Å². The van der Waals surface area contributed by atoms with Crippen molar-refractivity contribution in [1.29, 1.82) is 0 Å². The molecular formula is C72H150N12+6. The Morgan fingerprint density at radius 1 is 0.298 bits per heavy atom. The third-order valence-corrected chi connectivity index (χ3v) is 24.6. The number of quaternary nitrogens is 6. The maximum atomic E-state index is 2.77. The van der Waals surface area contributed by atoms with Gasteiger partial charge in [-0.3, -0.25) is 14.7 Å². The van der Waals surface area contributed by atoms with Crippen LogP contribution in [0.15, 0.2) is 0 Å². The molecule has 0 aromatic carbocycles. The molecule has 12 saturated heterocycles. The van der Waals surface area contributed by atoms with Crippen molar-refractivity contribution in [3.8, 4) is 0 Å². The van der Waals surface area contributed by atoms with Gasteiger partial charge in [0.05, 0.1) is 136 Å². The van der Waals surface area contributed by atoms with Crippen molar-refractivity contribution in [3.05, 3.63) is 0 Å². The Morgan fingerprint density at radius 3 is 1.07 bits per heavy atom. The minimum absolute atomic E-state index is 0.832. The van der Waals surface area contributed by atoms with Crippen molar-refractivity contribution in [1.82, 2.24) is 29.4 Å². The molecule has 12 heterocycles. The molecule has 492 valence electrons. The molecule has 0 saturated carbocycles. The van der Waals surface area contributed by atoms with Crippen LogP contribution in [0.2, 0.25) is 0 Å². The number of hydrogen-bond donors (Lipinski definition) is 0. The summed E-state index contributed by atoms with van der Waals surface area (Å²) >= 11 is 0. The number of hydrogen-bond acceptors (Lipinski definition) is 6. The molecule has 12 heteroatoms. The van der Waals surface area contributed by atoms with E-state index in [9.17, 15) is 0 Å². The summed E-state index contributed by atoms with van der Waals surface area (Å²) in [6.45, 7) is 69.9. The van der Waals surface area contributed by atoms with Gasteiger partial charge in [-0.15, -0.1) is 0 Å². The zero-order valence-electron chi connectivity index (χ0n) is 59.0. The van der Waals surface area contributed by atoms with E-state index in [2.05, 4.69) is 112 Å². The molecule has 84 heavy (non-hydrogen) atoms. The van der Waals surface area contributed by atoms with Crippen molar-refractivity contribution in [2.75, 3.05) is 197 Å². The third-order valence-electron chi connectivity index (χ3n) is 24.6. The molecule has 6 spiro atoms. The first-order chi connectivity index (χ1) is 40.7. The molecule has 0 bridgehead atoms. The molecule has 0 radical (unpaired) electrons. The van der Waals surface area contributed by atoms with Gasteiger partial charge < -0.3 is 26.9 Å². The van der Waals surface area contributed by atoms with E-state index in [1.165, 1.54) is 378 Å². The highest BCUT2D eigenvalue weighted by Crippen LogP contribution is 2.36. The Kier molecular flexibility index (Phi) is 29.4. The van der Waals surface area contributed by atoms with Gasteiger partial charge in [0.2, 0.25) is 0 Å². The lowest BCUT2D eigenvalue weighted by atomic mass is 10.1. The van der Waals surface area contributed by atoms with Crippen LogP contribution in [-0.4, -0.2) is 290 Å². The van der Waals surface area contributed by atoms with Crippen LogP contribution in [0.25, 0.3) is 0 Å². The fourth-order valence-electron chi connectivity index (χ4n) is 20.5. The summed E-state index contributed by atoms with van der Waals surface area (Å²) in [6, 6.07) is 5.42. The van der Waals surface area contributed by atoms with Crippen LogP contribution in [0.4, 0.5) is 0 Å². The maximum absolute atomic E-state index is 2.77. The van der Waals surface area contributed by atoms with E-state index >= 15 is 0 Å². The molecule has 12 aliphatic heterocycles. The van der Waals surface area contributed by atoms with Crippen molar-refractivity contribution < 1.29 is 26.9 Å². The first kappa shape index (κ1) is 71.0. The van der Waals surface area contributed by atoms with E-state index in [1.807, 2.05) is 0 Å². The molecule has 6 unspecified atom stereocenters. The molecule has 0 N–H and O–H groups in total. The summed E-state index contributed by atoms with van der Waals surface area (Å²) in [7, 11) is 0. The number of rotatable bonds is 18. The van der Waals surface area contributed by atoms with Crippen LogP contribution in [0, 0.1) is 0 Å². The Morgan fingerprint density at radius 2 is 0.643 bits per heavy atom. The van der Waals surface area contributed by atoms with Gasteiger partial charge in [-0.2, -0.15) is 0 Å². The highest BCUT2D eigenvalue weighted by atomic mass is 15.6. The van der Waals surface area contributed by atoms with E-state index < -0.39 is 0 Å². The van der Waals surface area contributed by atoms with E-state index in [4.69, 9.17) is 0 Å². The molecule has 6 atom stereocenters. The predicted molar refractivity (Wildman–Crippen MR) is 360 cm³/mol. The van der Waals surface area contributed by atoms with Gasteiger partial charge in [0.25, 0.3) is 0 Å². The van der Waals surface area contributed by atoms with E-state index in [0.717, 1.165) is 36.3 Å². The maximum Gasteiger partial charge on any atom is 0.135 e. The molecule has 12 nitrogen and oxygen atoms in total. The lowest BCUT2D eigenvalue weighted by Crippen LogP contribution is -2.50. The first-order valence-electron chi connectivity index (χ1n) is 38.2. The summed E-state index contributed by atoms with van der Waals surface area (Å²) in [5, 5.41) is 0. The minimum Gasteiger partial charge on any atom is -0.310 e. The quantitative estimate of drug-likeness (QED) is 0.127. The van der Waals surface area contributed by atoms with Crippen molar-refractivity contribution in [3.63, 3.8) is 0 Å². The Hall–Kier alpha value is -0.480. The largest absolute Gasteiger partial charge is 0.310 e. The molecule has 0 aromatic rings. The molecule has 12 rings (SSSR count). The SMILES string of the molecule is CCCC1CN(CCC)C[N+]12CCCC2.CCCC1C[N+]2(CCCC2)CN1CCC.CCCN1CC(C)[N+]2(CCCC2)C1.CCCN1CC(CC)[N+]2(CCCC2)C1.CCCN1C[N+]2(CCCC2)CC1C.CCCN1C[N+]2(CCCC2)CC1CC. The topological polar surface area (TPSA) is 19.4 Å². The average molecular weight is 1180 g/mol. The Labute approximate surface area is 524 Å². The second kappa shape index (κ2) is 34.8. The van der Waals surface area contributed by atoms with Crippen LogP contribution in [0.3, 0.4) is 0 Å². The zero-order valence-corrected chi connectivity index (χ0v) is 59.0. The lowest BCUT2D eigenvalue weighted by molar-refractivity contribution is -0.931. The van der Waals surface area contributed by atoms with E-state index in [1.54, 1.807) is 0 Å². The van der Waals surface area contributed by atoms with Crippen LogP contribution < -0.4 is 0 Å². The summed E-state index contributed by atoms with van der Waals surface area (Å²) in [6.07, 6.45) is 33.8. The summed E-state index contributed by atoms with van der Waals surface area (Å²) in [4.78, 5) is 16.3. The zero-order chi connectivity index (χ0) is 60.1. The molecule has 0 amide bonds. The van der Waals surface area contributed by atoms with Crippen molar-refractivity contribution in [2.45, 2.75) is 273 Å². The van der Waals surface area contributed by atoms with Gasteiger partial charge in [-0.05, 0) is 71.6 Å². The smallest absolute Gasteiger partial charge is 0.135 e. The van der Waals surface area contributed by atoms with Crippen molar-refractivity contribution in [2.24, 2.45) is 0 Å². The first-order valence-corrected chi connectivity index (χ1v) is 38.2. The lowest BCUT2D eigenvalue weighted by Gasteiger charge is -2.35. The van der Waals surface area contributed by atoms with Gasteiger partial charge >= 0.3 is 0 Å². The monoisotopic (exact) mass is 1180 g/mol. The fraction of sp³-hybridized carbons (Fsp3) is 1.00. The molecular weight excluding hydrogens is 1030 g/mol. The fourth-order valence-corrected chi connectivity index (χ4v) is 20.5. The highest BCUT2D eigenvalue weighted by molar-refractivity contribution is 4.81. The second-order valence-electron chi connectivity index (χ2n) is 31.4. The summed E-state index contributed by atoms with van der Waals surface area (Å²) < 4.78 is 8.59. The Bertz CT molecular complexity index is 1740. The van der Waals surface area contributed by atoms with E-state index in [0.29, 0.717) is 0 Å². The summed E-state index contributed by atoms with van der Waals surface area (Å²) in [5.74, 6) is 0. The van der Waals surface area contributed by atoms with Crippen LogP contribution >= 0.6 is 0 Å². The predicted octanol–water partition coefficient (Wildman–Crippen LogP) is 12.4. The highest BCUT2D eigenvalue weighted by Gasteiger charge is 2.50. The normalized spacial score (nSPS) is 31.7. The van der Waals surface area contributed by atoms with Gasteiger partial charge in [0.1, 0.15) is 58.1 Å². The number of nitrogens with zero attached hydrogens (tertiary/aromatic N) is 12.